The van der Waals surface area contributed by atoms with Gasteiger partial charge in [0.25, 0.3) is 5.91 Å². The molecule has 0 radical (unpaired) electrons. The Morgan fingerprint density at radius 1 is 1.11 bits per heavy atom. The number of carbonyl (C=O) groups is 1. The molecular formula is C20H28N4O3. The maximum atomic E-state index is 13.1. The van der Waals surface area contributed by atoms with Crippen molar-refractivity contribution in [3.63, 3.8) is 0 Å². The highest BCUT2D eigenvalue weighted by molar-refractivity contribution is 5.99. The minimum atomic E-state index is -0.0427. The molecular weight excluding hydrogens is 344 g/mol. The molecule has 0 aliphatic carbocycles. The van der Waals surface area contributed by atoms with Crippen molar-refractivity contribution in [3.8, 4) is 11.5 Å². The standard InChI is InChI=1S/C20H28N4O3/c1-5-24-14-16(15(2)21-24)13-22-9-11-23(12-10-22)20(25)19-17(26-3)7-6-8-18(19)27-4/h6-8,14H,5,9-13H2,1-4H3. The van der Waals surface area contributed by atoms with Gasteiger partial charge in [-0.05, 0) is 26.0 Å². The number of carbonyl (C=O) groups excluding carboxylic acids is 1. The summed E-state index contributed by atoms with van der Waals surface area (Å²) in [6, 6.07) is 5.41. The van der Waals surface area contributed by atoms with Crippen molar-refractivity contribution in [2.75, 3.05) is 40.4 Å². The Labute approximate surface area is 160 Å². The summed E-state index contributed by atoms with van der Waals surface area (Å²) < 4.78 is 12.7. The van der Waals surface area contributed by atoms with Gasteiger partial charge in [0.1, 0.15) is 17.1 Å². The Hall–Kier alpha value is -2.54. The van der Waals surface area contributed by atoms with E-state index in [1.54, 1.807) is 26.4 Å². The van der Waals surface area contributed by atoms with Crippen LogP contribution in [-0.2, 0) is 13.1 Å². The molecule has 2 aromatic rings. The molecule has 0 N–H and O–H groups in total. The van der Waals surface area contributed by atoms with Gasteiger partial charge in [0.05, 0.1) is 19.9 Å². The first-order valence-electron chi connectivity index (χ1n) is 9.33. The first kappa shape index (κ1) is 19.2. The second-order valence-corrected chi connectivity index (χ2v) is 6.70. The molecule has 146 valence electrons. The van der Waals surface area contributed by atoms with Gasteiger partial charge in [-0.3, -0.25) is 14.4 Å². The van der Waals surface area contributed by atoms with E-state index < -0.39 is 0 Å². The summed E-state index contributed by atoms with van der Waals surface area (Å²) in [7, 11) is 3.14. The van der Waals surface area contributed by atoms with Gasteiger partial charge in [0, 0.05) is 51.0 Å². The molecule has 1 aromatic heterocycles. The third-order valence-corrected chi connectivity index (χ3v) is 5.07. The number of ether oxygens (including phenoxy) is 2. The summed E-state index contributed by atoms with van der Waals surface area (Å²) >= 11 is 0. The van der Waals surface area contributed by atoms with Crippen molar-refractivity contribution in [2.45, 2.75) is 26.9 Å². The van der Waals surface area contributed by atoms with Crippen molar-refractivity contribution in [3.05, 3.63) is 41.2 Å². The second kappa shape index (κ2) is 8.43. The third kappa shape index (κ3) is 4.08. The summed E-state index contributed by atoms with van der Waals surface area (Å²) in [6.45, 7) is 8.92. The highest BCUT2D eigenvalue weighted by Crippen LogP contribution is 2.30. The lowest BCUT2D eigenvalue weighted by Gasteiger charge is -2.35. The molecule has 0 unspecified atom stereocenters. The number of aryl methyl sites for hydroxylation is 2. The number of aromatic nitrogens is 2. The van der Waals surface area contributed by atoms with Gasteiger partial charge in [-0.15, -0.1) is 0 Å². The monoisotopic (exact) mass is 372 g/mol. The van der Waals surface area contributed by atoms with Gasteiger partial charge in [-0.25, -0.2) is 0 Å². The normalized spacial score (nSPS) is 15.0. The molecule has 1 aliphatic rings. The fourth-order valence-corrected chi connectivity index (χ4v) is 3.45. The van der Waals surface area contributed by atoms with Crippen LogP contribution in [0.3, 0.4) is 0 Å². The fourth-order valence-electron chi connectivity index (χ4n) is 3.45. The summed E-state index contributed by atoms with van der Waals surface area (Å²) in [5.41, 5.74) is 2.83. The molecule has 0 atom stereocenters. The van der Waals surface area contributed by atoms with Crippen LogP contribution in [0.5, 0.6) is 11.5 Å². The molecule has 1 aliphatic heterocycles. The highest BCUT2D eigenvalue weighted by Gasteiger charge is 2.27. The first-order chi connectivity index (χ1) is 13.1. The Morgan fingerprint density at radius 3 is 2.26 bits per heavy atom. The van der Waals surface area contributed by atoms with E-state index in [9.17, 15) is 4.79 Å². The zero-order valence-corrected chi connectivity index (χ0v) is 16.6. The van der Waals surface area contributed by atoms with E-state index >= 15 is 0 Å². The summed E-state index contributed by atoms with van der Waals surface area (Å²) in [4.78, 5) is 17.3. The number of rotatable bonds is 6. The number of piperazine rings is 1. The van der Waals surface area contributed by atoms with E-state index in [2.05, 4.69) is 30.0 Å². The summed E-state index contributed by atoms with van der Waals surface area (Å²) in [6.07, 6.45) is 2.12. The van der Waals surface area contributed by atoms with Crippen LogP contribution in [0.2, 0.25) is 0 Å². The maximum absolute atomic E-state index is 13.1. The van der Waals surface area contributed by atoms with Crippen molar-refractivity contribution in [2.24, 2.45) is 0 Å². The van der Waals surface area contributed by atoms with Gasteiger partial charge in [-0.1, -0.05) is 6.07 Å². The van der Waals surface area contributed by atoms with Crippen LogP contribution >= 0.6 is 0 Å². The van der Waals surface area contributed by atoms with Crippen molar-refractivity contribution in [1.29, 1.82) is 0 Å². The molecule has 7 nitrogen and oxygen atoms in total. The van der Waals surface area contributed by atoms with E-state index in [0.29, 0.717) is 30.2 Å². The lowest BCUT2D eigenvalue weighted by atomic mass is 10.1. The van der Waals surface area contributed by atoms with Crippen molar-refractivity contribution >= 4 is 5.91 Å². The maximum Gasteiger partial charge on any atom is 0.261 e. The minimum absolute atomic E-state index is 0.0427. The molecule has 0 saturated carbocycles. The van der Waals surface area contributed by atoms with E-state index in [0.717, 1.165) is 31.9 Å². The molecule has 0 bridgehead atoms. The molecule has 1 saturated heterocycles. The second-order valence-electron chi connectivity index (χ2n) is 6.70. The first-order valence-corrected chi connectivity index (χ1v) is 9.33. The van der Waals surface area contributed by atoms with Crippen LogP contribution < -0.4 is 9.47 Å². The van der Waals surface area contributed by atoms with E-state index in [1.807, 2.05) is 15.6 Å². The SMILES string of the molecule is CCn1cc(CN2CCN(C(=O)c3c(OC)cccc3OC)CC2)c(C)n1. The Balaban J connectivity index is 1.65. The van der Waals surface area contributed by atoms with Crippen LogP contribution in [0.1, 0.15) is 28.5 Å². The van der Waals surface area contributed by atoms with Crippen LogP contribution in [0, 0.1) is 6.92 Å². The molecule has 0 spiro atoms. The van der Waals surface area contributed by atoms with Gasteiger partial charge < -0.3 is 14.4 Å². The number of amides is 1. The number of hydrogen-bond acceptors (Lipinski definition) is 5. The predicted octanol–water partition coefficient (Wildman–Crippen LogP) is 2.19. The lowest BCUT2D eigenvalue weighted by molar-refractivity contribution is 0.0621. The number of benzene rings is 1. The van der Waals surface area contributed by atoms with E-state index in [1.165, 1.54) is 5.56 Å². The van der Waals surface area contributed by atoms with Gasteiger partial charge in [0.15, 0.2) is 0 Å². The fraction of sp³-hybridized carbons (Fsp3) is 0.500. The summed E-state index contributed by atoms with van der Waals surface area (Å²) in [5.74, 6) is 1.05. The van der Waals surface area contributed by atoms with Crippen molar-refractivity contribution in [1.82, 2.24) is 19.6 Å². The predicted molar refractivity (Wildman–Crippen MR) is 103 cm³/mol. The highest BCUT2D eigenvalue weighted by atomic mass is 16.5. The van der Waals surface area contributed by atoms with Crippen LogP contribution in [0.15, 0.2) is 24.4 Å². The quantitative estimate of drug-likeness (QED) is 0.778. The number of hydrogen-bond donors (Lipinski definition) is 0. The number of nitrogens with zero attached hydrogens (tertiary/aromatic N) is 4. The molecule has 7 heteroatoms. The van der Waals surface area contributed by atoms with Crippen molar-refractivity contribution < 1.29 is 14.3 Å². The third-order valence-electron chi connectivity index (χ3n) is 5.07. The average molecular weight is 372 g/mol. The van der Waals surface area contributed by atoms with E-state index in [4.69, 9.17) is 9.47 Å². The Morgan fingerprint density at radius 2 is 1.74 bits per heavy atom. The Bertz CT molecular complexity index is 772. The van der Waals surface area contributed by atoms with E-state index in [-0.39, 0.29) is 5.91 Å². The summed E-state index contributed by atoms with van der Waals surface area (Å²) in [5, 5.41) is 4.51. The van der Waals surface area contributed by atoms with Crippen LogP contribution in [0.25, 0.3) is 0 Å². The molecule has 1 fully saturated rings. The molecule has 3 rings (SSSR count). The van der Waals surface area contributed by atoms with Gasteiger partial charge in [0.2, 0.25) is 0 Å². The molecule has 1 aromatic carbocycles. The van der Waals surface area contributed by atoms with Crippen LogP contribution in [0.4, 0.5) is 0 Å². The topological polar surface area (TPSA) is 59.8 Å². The average Bonchev–Trinajstić information content (AvgIpc) is 3.06. The molecule has 27 heavy (non-hydrogen) atoms. The zero-order valence-electron chi connectivity index (χ0n) is 16.6. The number of methoxy groups -OCH3 is 2. The smallest absolute Gasteiger partial charge is 0.261 e. The minimum Gasteiger partial charge on any atom is -0.496 e. The van der Waals surface area contributed by atoms with Crippen LogP contribution in [-0.4, -0.2) is 65.9 Å². The largest absolute Gasteiger partial charge is 0.496 e. The van der Waals surface area contributed by atoms with Gasteiger partial charge >= 0.3 is 0 Å². The van der Waals surface area contributed by atoms with Gasteiger partial charge in [-0.2, -0.15) is 5.10 Å². The molecule has 2 heterocycles. The Kier molecular flexibility index (Phi) is 6.01. The zero-order chi connectivity index (χ0) is 19.4. The molecule has 1 amide bonds. The lowest BCUT2D eigenvalue weighted by Crippen LogP contribution is -2.48.